The first-order valence-electron chi connectivity index (χ1n) is 6.25. The van der Waals surface area contributed by atoms with Crippen LogP contribution < -0.4 is 16.4 Å². The molecule has 2 rings (SSSR count). The molecule has 6 heteroatoms. The largest absolute Gasteiger partial charge is 0.462 e. The molecule has 0 unspecified atom stereocenters. The van der Waals surface area contributed by atoms with Crippen molar-refractivity contribution in [2.45, 2.75) is 6.92 Å². The molecule has 0 aliphatic heterocycles. The van der Waals surface area contributed by atoms with E-state index in [0.29, 0.717) is 17.1 Å². The third-order valence-electron chi connectivity index (χ3n) is 2.56. The van der Waals surface area contributed by atoms with Gasteiger partial charge in [-0.05, 0) is 43.3 Å². The number of urea groups is 1. The number of carbonyl (C=O) groups excluding carboxylic acids is 2. The second-order valence-electron chi connectivity index (χ2n) is 4.34. The molecule has 0 atom stereocenters. The van der Waals surface area contributed by atoms with Gasteiger partial charge in [0, 0.05) is 17.5 Å². The molecule has 0 saturated heterocycles. The van der Waals surface area contributed by atoms with Crippen molar-refractivity contribution in [3.63, 3.8) is 0 Å². The number of amides is 3. The fraction of sp³-hybridized carbons (Fsp3) is 0.0667. The molecule has 1 aromatic carbocycles. The molecule has 6 nitrogen and oxygen atoms in total. The first-order valence-corrected chi connectivity index (χ1v) is 6.25. The minimum Gasteiger partial charge on any atom is -0.462 e. The summed E-state index contributed by atoms with van der Waals surface area (Å²) in [5.41, 5.74) is 6.08. The topological polar surface area (TPSA) is 97.4 Å². The number of nitrogens with two attached hydrogens (primary N) is 1. The van der Waals surface area contributed by atoms with E-state index in [4.69, 9.17) is 10.2 Å². The number of primary amides is 1. The van der Waals surface area contributed by atoms with Crippen LogP contribution in [0.4, 0.5) is 16.2 Å². The number of hydrogen-bond acceptors (Lipinski definition) is 3. The molecular formula is C15H15N3O3. The van der Waals surface area contributed by atoms with E-state index in [1.807, 2.05) is 13.0 Å². The van der Waals surface area contributed by atoms with Gasteiger partial charge in [-0.1, -0.05) is 6.07 Å². The maximum absolute atomic E-state index is 11.8. The molecular weight excluding hydrogens is 270 g/mol. The summed E-state index contributed by atoms with van der Waals surface area (Å²) in [5.74, 6) is 1.08. The minimum atomic E-state index is -0.661. The van der Waals surface area contributed by atoms with Crippen LogP contribution in [-0.4, -0.2) is 11.9 Å². The van der Waals surface area contributed by atoms with Crippen LogP contribution in [0.15, 0.2) is 46.9 Å². The van der Waals surface area contributed by atoms with Crippen LogP contribution in [0.1, 0.15) is 11.5 Å². The summed E-state index contributed by atoms with van der Waals surface area (Å²) in [5, 5.41) is 5.11. The Bertz CT molecular complexity index is 689. The standard InChI is InChI=1S/C15H15N3O3/c1-10-5-6-13(21-10)7-8-14(19)17-11-3-2-4-12(9-11)18-15(16)20/h2-9H,1H3,(H,17,19)(H3,16,18,20)/b8-7+. The number of rotatable bonds is 4. The van der Waals surface area contributed by atoms with Crippen LogP contribution in [0, 0.1) is 6.92 Å². The van der Waals surface area contributed by atoms with Crippen molar-refractivity contribution in [1.82, 2.24) is 0 Å². The summed E-state index contributed by atoms with van der Waals surface area (Å²) in [6, 6.07) is 9.60. The monoisotopic (exact) mass is 285 g/mol. The molecule has 1 aromatic heterocycles. The number of nitrogens with one attached hydrogen (secondary N) is 2. The highest BCUT2D eigenvalue weighted by Crippen LogP contribution is 2.15. The predicted octanol–water partition coefficient (Wildman–Crippen LogP) is 2.73. The van der Waals surface area contributed by atoms with E-state index in [1.54, 1.807) is 36.4 Å². The van der Waals surface area contributed by atoms with Gasteiger partial charge in [0.25, 0.3) is 0 Å². The van der Waals surface area contributed by atoms with E-state index in [0.717, 1.165) is 5.76 Å². The fourth-order valence-corrected chi connectivity index (χ4v) is 1.70. The van der Waals surface area contributed by atoms with E-state index in [9.17, 15) is 9.59 Å². The zero-order chi connectivity index (χ0) is 15.2. The van der Waals surface area contributed by atoms with Crippen LogP contribution in [0.3, 0.4) is 0 Å². The highest BCUT2D eigenvalue weighted by molar-refractivity contribution is 6.02. The summed E-state index contributed by atoms with van der Waals surface area (Å²) in [7, 11) is 0. The third kappa shape index (κ3) is 4.54. The van der Waals surface area contributed by atoms with Crippen LogP contribution >= 0.6 is 0 Å². The van der Waals surface area contributed by atoms with Crippen molar-refractivity contribution in [1.29, 1.82) is 0 Å². The van der Waals surface area contributed by atoms with Gasteiger partial charge in [-0.2, -0.15) is 0 Å². The molecule has 0 radical (unpaired) electrons. The third-order valence-corrected chi connectivity index (χ3v) is 2.56. The lowest BCUT2D eigenvalue weighted by molar-refractivity contribution is -0.111. The van der Waals surface area contributed by atoms with E-state index in [-0.39, 0.29) is 5.91 Å². The van der Waals surface area contributed by atoms with Crippen molar-refractivity contribution in [3.05, 3.63) is 54.0 Å². The number of furan rings is 1. The zero-order valence-electron chi connectivity index (χ0n) is 11.4. The van der Waals surface area contributed by atoms with Gasteiger partial charge in [0.15, 0.2) is 0 Å². The molecule has 1 heterocycles. The van der Waals surface area contributed by atoms with Crippen LogP contribution in [0.5, 0.6) is 0 Å². The van der Waals surface area contributed by atoms with Gasteiger partial charge in [-0.25, -0.2) is 4.79 Å². The SMILES string of the molecule is Cc1ccc(/C=C/C(=O)Nc2cccc(NC(N)=O)c2)o1. The molecule has 0 fully saturated rings. The zero-order valence-corrected chi connectivity index (χ0v) is 11.4. The van der Waals surface area contributed by atoms with Crippen LogP contribution in [0.25, 0.3) is 6.08 Å². The van der Waals surface area contributed by atoms with Gasteiger partial charge >= 0.3 is 6.03 Å². The Morgan fingerprint density at radius 3 is 2.48 bits per heavy atom. The molecule has 0 aliphatic rings. The Balaban J connectivity index is 1.99. The van der Waals surface area contributed by atoms with Gasteiger partial charge in [0.05, 0.1) is 0 Å². The fourth-order valence-electron chi connectivity index (χ4n) is 1.70. The molecule has 2 aromatic rings. The molecule has 21 heavy (non-hydrogen) atoms. The lowest BCUT2D eigenvalue weighted by Gasteiger charge is -2.05. The molecule has 3 amide bonds. The van der Waals surface area contributed by atoms with Crippen molar-refractivity contribution in [3.8, 4) is 0 Å². The van der Waals surface area contributed by atoms with E-state index < -0.39 is 6.03 Å². The van der Waals surface area contributed by atoms with Gasteiger partial charge < -0.3 is 20.8 Å². The average molecular weight is 285 g/mol. The van der Waals surface area contributed by atoms with Gasteiger partial charge in [-0.3, -0.25) is 4.79 Å². The summed E-state index contributed by atoms with van der Waals surface area (Å²) >= 11 is 0. The second-order valence-corrected chi connectivity index (χ2v) is 4.34. The number of benzene rings is 1. The Morgan fingerprint density at radius 2 is 1.86 bits per heavy atom. The Morgan fingerprint density at radius 1 is 1.14 bits per heavy atom. The Hall–Kier alpha value is -3.02. The molecule has 0 saturated carbocycles. The molecule has 0 aliphatic carbocycles. The number of hydrogen-bond donors (Lipinski definition) is 3. The average Bonchev–Trinajstić information content (AvgIpc) is 2.82. The Kier molecular flexibility index (Phi) is 4.40. The highest BCUT2D eigenvalue weighted by Gasteiger charge is 2.01. The van der Waals surface area contributed by atoms with Crippen molar-refractivity contribution in [2.75, 3.05) is 10.6 Å². The summed E-state index contributed by atoms with van der Waals surface area (Å²) in [4.78, 5) is 22.5. The lowest BCUT2D eigenvalue weighted by Crippen LogP contribution is -2.19. The highest BCUT2D eigenvalue weighted by atomic mass is 16.3. The Labute approximate surface area is 121 Å². The van der Waals surface area contributed by atoms with Gasteiger partial charge in [0.1, 0.15) is 11.5 Å². The van der Waals surface area contributed by atoms with Crippen molar-refractivity contribution < 1.29 is 14.0 Å². The van der Waals surface area contributed by atoms with E-state index in [1.165, 1.54) is 6.08 Å². The molecule has 4 N–H and O–H groups in total. The maximum atomic E-state index is 11.8. The molecule has 0 spiro atoms. The second kappa shape index (κ2) is 6.42. The maximum Gasteiger partial charge on any atom is 0.316 e. The predicted molar refractivity (Wildman–Crippen MR) is 80.8 cm³/mol. The molecule has 0 bridgehead atoms. The first kappa shape index (κ1) is 14.4. The smallest absolute Gasteiger partial charge is 0.316 e. The first-order chi connectivity index (χ1) is 10.0. The normalized spacial score (nSPS) is 10.5. The van der Waals surface area contributed by atoms with E-state index >= 15 is 0 Å². The van der Waals surface area contributed by atoms with Crippen LogP contribution in [-0.2, 0) is 4.79 Å². The quantitative estimate of drug-likeness (QED) is 0.753. The lowest BCUT2D eigenvalue weighted by atomic mass is 10.2. The number of aryl methyl sites for hydroxylation is 1. The van der Waals surface area contributed by atoms with E-state index in [2.05, 4.69) is 10.6 Å². The van der Waals surface area contributed by atoms with Crippen molar-refractivity contribution >= 4 is 29.4 Å². The van der Waals surface area contributed by atoms with Gasteiger partial charge in [-0.15, -0.1) is 0 Å². The van der Waals surface area contributed by atoms with Gasteiger partial charge in [0.2, 0.25) is 5.91 Å². The summed E-state index contributed by atoms with van der Waals surface area (Å²) in [6.45, 7) is 1.83. The summed E-state index contributed by atoms with van der Waals surface area (Å²) in [6.07, 6.45) is 2.94. The minimum absolute atomic E-state index is 0.305. The number of anilines is 2. The number of carbonyl (C=O) groups is 2. The van der Waals surface area contributed by atoms with Crippen LogP contribution in [0.2, 0.25) is 0 Å². The molecule has 108 valence electrons. The summed E-state index contributed by atoms with van der Waals surface area (Å²) < 4.78 is 5.32. The van der Waals surface area contributed by atoms with Crippen molar-refractivity contribution in [2.24, 2.45) is 5.73 Å².